The first-order valence-corrected chi connectivity index (χ1v) is 8.00. The van der Waals surface area contributed by atoms with Crippen molar-refractivity contribution in [2.45, 2.75) is 88.0 Å². The van der Waals surface area contributed by atoms with Crippen molar-refractivity contribution < 1.29 is 0 Å². The van der Waals surface area contributed by atoms with Gasteiger partial charge in [-0.25, -0.2) is 0 Å². The van der Waals surface area contributed by atoms with Gasteiger partial charge in [0.1, 0.15) is 0 Å². The number of hydrogen-bond donors (Lipinski definition) is 0. The molecular formula is C18H38. The Labute approximate surface area is 117 Å². The first kappa shape index (κ1) is 18.0. The van der Waals surface area contributed by atoms with Gasteiger partial charge in [0, 0.05) is 0 Å². The van der Waals surface area contributed by atoms with Gasteiger partial charge in [0.05, 0.1) is 0 Å². The van der Waals surface area contributed by atoms with Gasteiger partial charge in [-0.1, -0.05) is 68.7 Å². The van der Waals surface area contributed by atoms with Crippen molar-refractivity contribution in [1.82, 2.24) is 0 Å². The standard InChI is InChI=1S/C18H38/c1-14(2)10-11-17(7,8)18(9,12-15(3)4)13-16(5)6/h14-16H,10-13H2,1-9H3. The Bertz CT molecular complexity index is 210. The van der Waals surface area contributed by atoms with Gasteiger partial charge in [-0.2, -0.15) is 0 Å². The van der Waals surface area contributed by atoms with Crippen LogP contribution < -0.4 is 0 Å². The highest BCUT2D eigenvalue weighted by Gasteiger charge is 2.40. The van der Waals surface area contributed by atoms with Crippen LogP contribution in [-0.4, -0.2) is 0 Å². The Hall–Kier alpha value is 0. The van der Waals surface area contributed by atoms with Gasteiger partial charge in [0.25, 0.3) is 0 Å². The molecule has 0 N–H and O–H groups in total. The summed E-state index contributed by atoms with van der Waals surface area (Å²) in [5.74, 6) is 2.42. The van der Waals surface area contributed by atoms with E-state index in [1.165, 1.54) is 25.7 Å². The predicted octanol–water partition coefficient (Wildman–Crippen LogP) is 6.55. The maximum Gasteiger partial charge on any atom is -0.0270 e. The number of rotatable bonds is 8. The second-order valence-corrected chi connectivity index (χ2v) is 8.57. The van der Waals surface area contributed by atoms with Crippen LogP contribution >= 0.6 is 0 Å². The largest absolute Gasteiger partial charge is 0.0628 e. The average Bonchev–Trinajstić information content (AvgIpc) is 2.11. The first-order chi connectivity index (χ1) is 8.00. The number of hydrogen-bond acceptors (Lipinski definition) is 0. The molecule has 0 aromatic rings. The van der Waals surface area contributed by atoms with Gasteiger partial charge >= 0.3 is 0 Å². The molecule has 0 saturated carbocycles. The zero-order chi connectivity index (χ0) is 14.6. The zero-order valence-corrected chi connectivity index (χ0v) is 14.6. The molecule has 0 atom stereocenters. The Morgan fingerprint density at radius 3 is 1.33 bits per heavy atom. The van der Waals surface area contributed by atoms with Gasteiger partial charge in [-0.15, -0.1) is 0 Å². The Morgan fingerprint density at radius 1 is 0.667 bits per heavy atom. The quantitative estimate of drug-likeness (QED) is 0.461. The van der Waals surface area contributed by atoms with Crippen molar-refractivity contribution in [3.63, 3.8) is 0 Å². The van der Waals surface area contributed by atoms with Gasteiger partial charge in [0.2, 0.25) is 0 Å². The van der Waals surface area contributed by atoms with E-state index in [0.717, 1.165) is 17.8 Å². The Morgan fingerprint density at radius 2 is 1.06 bits per heavy atom. The molecular weight excluding hydrogens is 216 g/mol. The van der Waals surface area contributed by atoms with Crippen LogP contribution in [-0.2, 0) is 0 Å². The normalized spacial score (nSPS) is 14.0. The molecule has 0 radical (unpaired) electrons. The van der Waals surface area contributed by atoms with Gasteiger partial charge < -0.3 is 0 Å². The van der Waals surface area contributed by atoms with E-state index < -0.39 is 0 Å². The van der Waals surface area contributed by atoms with E-state index in [1.54, 1.807) is 0 Å². The average molecular weight is 255 g/mol. The maximum atomic E-state index is 2.54. The first-order valence-electron chi connectivity index (χ1n) is 8.00. The summed E-state index contributed by atoms with van der Waals surface area (Å²) >= 11 is 0. The summed E-state index contributed by atoms with van der Waals surface area (Å²) in [5.41, 5.74) is 0.927. The second-order valence-electron chi connectivity index (χ2n) is 8.57. The zero-order valence-electron chi connectivity index (χ0n) is 14.6. The molecule has 110 valence electrons. The van der Waals surface area contributed by atoms with E-state index in [4.69, 9.17) is 0 Å². The maximum absolute atomic E-state index is 2.54. The molecule has 0 aliphatic carbocycles. The van der Waals surface area contributed by atoms with E-state index in [0.29, 0.717) is 10.8 Å². The summed E-state index contributed by atoms with van der Waals surface area (Å²) in [4.78, 5) is 0. The SMILES string of the molecule is CC(C)CCC(C)(C)C(C)(CC(C)C)CC(C)C. The minimum atomic E-state index is 0.450. The molecule has 18 heavy (non-hydrogen) atoms. The fourth-order valence-electron chi connectivity index (χ4n) is 3.39. The molecule has 0 heterocycles. The molecule has 0 fully saturated rings. The van der Waals surface area contributed by atoms with Crippen molar-refractivity contribution in [2.75, 3.05) is 0 Å². The third kappa shape index (κ3) is 5.76. The highest BCUT2D eigenvalue weighted by molar-refractivity contribution is 4.91. The van der Waals surface area contributed by atoms with E-state index in [2.05, 4.69) is 62.3 Å². The third-order valence-electron chi connectivity index (χ3n) is 4.70. The highest BCUT2D eigenvalue weighted by Crippen LogP contribution is 2.50. The smallest absolute Gasteiger partial charge is 0.0270 e. The van der Waals surface area contributed by atoms with Crippen LogP contribution in [0.2, 0.25) is 0 Å². The predicted molar refractivity (Wildman–Crippen MR) is 84.9 cm³/mol. The summed E-state index contributed by atoms with van der Waals surface area (Å²) < 4.78 is 0. The molecule has 0 rings (SSSR count). The molecule has 0 heteroatoms. The Balaban J connectivity index is 4.90. The van der Waals surface area contributed by atoms with Gasteiger partial charge in [-0.3, -0.25) is 0 Å². The summed E-state index contributed by atoms with van der Waals surface area (Å²) in [6, 6.07) is 0. The van der Waals surface area contributed by atoms with E-state index >= 15 is 0 Å². The molecule has 0 aromatic heterocycles. The van der Waals surface area contributed by atoms with Crippen LogP contribution in [0.25, 0.3) is 0 Å². The Kier molecular flexibility index (Phi) is 6.96. The van der Waals surface area contributed by atoms with Crippen LogP contribution in [0.4, 0.5) is 0 Å². The molecule has 0 aliphatic rings. The van der Waals surface area contributed by atoms with Crippen LogP contribution in [0.15, 0.2) is 0 Å². The lowest BCUT2D eigenvalue weighted by atomic mass is 9.58. The molecule has 0 saturated heterocycles. The molecule has 0 unspecified atom stereocenters. The van der Waals surface area contributed by atoms with Crippen LogP contribution in [0.3, 0.4) is 0 Å². The molecule has 0 nitrogen and oxygen atoms in total. The van der Waals surface area contributed by atoms with Gasteiger partial charge in [0.15, 0.2) is 0 Å². The van der Waals surface area contributed by atoms with E-state index in [9.17, 15) is 0 Å². The summed E-state index contributed by atoms with van der Waals surface area (Å²) in [7, 11) is 0. The van der Waals surface area contributed by atoms with Crippen LogP contribution in [0.1, 0.15) is 88.0 Å². The summed E-state index contributed by atoms with van der Waals surface area (Å²) in [6.45, 7) is 21.7. The third-order valence-corrected chi connectivity index (χ3v) is 4.70. The minimum Gasteiger partial charge on any atom is -0.0628 e. The fourth-order valence-corrected chi connectivity index (χ4v) is 3.39. The topological polar surface area (TPSA) is 0 Å². The van der Waals surface area contributed by atoms with Crippen molar-refractivity contribution in [1.29, 1.82) is 0 Å². The van der Waals surface area contributed by atoms with E-state index in [-0.39, 0.29) is 0 Å². The lowest BCUT2D eigenvalue weighted by Gasteiger charge is -2.47. The van der Waals surface area contributed by atoms with E-state index in [1.807, 2.05) is 0 Å². The van der Waals surface area contributed by atoms with Crippen molar-refractivity contribution in [3.8, 4) is 0 Å². The summed E-state index contributed by atoms with van der Waals surface area (Å²) in [6.07, 6.45) is 5.44. The highest BCUT2D eigenvalue weighted by atomic mass is 14.5. The van der Waals surface area contributed by atoms with Crippen molar-refractivity contribution >= 4 is 0 Å². The van der Waals surface area contributed by atoms with Gasteiger partial charge in [-0.05, 0) is 47.8 Å². The fraction of sp³-hybridized carbons (Fsp3) is 1.00. The molecule has 0 amide bonds. The lowest BCUT2D eigenvalue weighted by molar-refractivity contribution is 0.0275. The van der Waals surface area contributed by atoms with Crippen LogP contribution in [0.5, 0.6) is 0 Å². The molecule has 0 aromatic carbocycles. The van der Waals surface area contributed by atoms with Crippen LogP contribution in [0, 0.1) is 28.6 Å². The summed E-state index contributed by atoms with van der Waals surface area (Å²) in [5, 5.41) is 0. The monoisotopic (exact) mass is 254 g/mol. The molecule has 0 aliphatic heterocycles. The molecule has 0 spiro atoms. The van der Waals surface area contributed by atoms with Crippen molar-refractivity contribution in [2.24, 2.45) is 28.6 Å². The minimum absolute atomic E-state index is 0.450. The van der Waals surface area contributed by atoms with Crippen molar-refractivity contribution in [3.05, 3.63) is 0 Å². The lowest BCUT2D eigenvalue weighted by Crippen LogP contribution is -2.38. The molecule has 0 bridgehead atoms. The second kappa shape index (κ2) is 6.96.